The molecule has 324 valence electrons. The first kappa shape index (κ1) is 42.2. The molecule has 1 N–H and O–H groups in total. The van der Waals surface area contributed by atoms with Gasteiger partial charge in [0.25, 0.3) is 0 Å². The summed E-state index contributed by atoms with van der Waals surface area (Å²) in [4.78, 5) is 57.1. The van der Waals surface area contributed by atoms with Crippen LogP contribution in [0, 0.1) is 0 Å². The highest BCUT2D eigenvalue weighted by atomic mass is 16.6. The lowest BCUT2D eigenvalue weighted by atomic mass is 9.91. The molecule has 0 atom stereocenters. The van der Waals surface area contributed by atoms with E-state index in [0.29, 0.717) is 78.0 Å². The number of carbonyl (C=O) groups is 4. The Hall–Kier alpha value is -6.50. The van der Waals surface area contributed by atoms with Crippen LogP contribution < -0.4 is 10.1 Å². The maximum absolute atomic E-state index is 12.7. The van der Waals surface area contributed by atoms with Gasteiger partial charge in [-0.3, -0.25) is 9.80 Å². The van der Waals surface area contributed by atoms with Gasteiger partial charge in [0.15, 0.2) is 0 Å². The Bertz CT molecular complexity index is 2430. The van der Waals surface area contributed by atoms with E-state index in [1.807, 2.05) is 69.3 Å². The van der Waals surface area contributed by atoms with E-state index in [9.17, 15) is 19.2 Å². The van der Waals surface area contributed by atoms with Gasteiger partial charge in [0, 0.05) is 70.6 Å². The van der Waals surface area contributed by atoms with Gasteiger partial charge in [0.1, 0.15) is 22.6 Å². The predicted octanol–water partition coefficient (Wildman–Crippen LogP) is 9.43. The molecule has 5 aromatic rings. The SMILES string of the molecule is CC(C)(C)OC(=O)N1CCC2(CC1)CN(Cc1ccc3ccccc3c1)C(=O)O2.COc1ccc(NC(=O)N2CCC3(CC2)CN(Cc2ccc4ccccc4c2)C(=O)O3)cc1. The first-order chi connectivity index (χ1) is 29.8. The van der Waals surface area contributed by atoms with E-state index < -0.39 is 16.8 Å². The molecule has 62 heavy (non-hydrogen) atoms. The van der Waals surface area contributed by atoms with Crippen molar-refractivity contribution in [3.63, 3.8) is 0 Å². The first-order valence-electron chi connectivity index (χ1n) is 21.4. The van der Waals surface area contributed by atoms with Gasteiger partial charge < -0.3 is 34.1 Å². The second-order valence-corrected chi connectivity index (χ2v) is 17.8. The van der Waals surface area contributed by atoms with Crippen LogP contribution in [0.1, 0.15) is 57.6 Å². The van der Waals surface area contributed by atoms with Crippen LogP contribution in [0.5, 0.6) is 5.75 Å². The molecule has 0 saturated carbocycles. The second-order valence-electron chi connectivity index (χ2n) is 17.8. The monoisotopic (exact) mass is 841 g/mol. The zero-order chi connectivity index (χ0) is 43.5. The number of benzene rings is 5. The van der Waals surface area contributed by atoms with Crippen molar-refractivity contribution in [3.05, 3.63) is 120 Å². The van der Waals surface area contributed by atoms with E-state index in [2.05, 4.69) is 66.0 Å². The number of ether oxygens (including phenoxy) is 4. The Morgan fingerprint density at radius 2 is 1.08 bits per heavy atom. The molecule has 5 amide bonds. The van der Waals surface area contributed by atoms with Crippen LogP contribution in [0.25, 0.3) is 21.5 Å². The highest BCUT2D eigenvalue weighted by molar-refractivity contribution is 5.89. The number of nitrogens with zero attached hydrogens (tertiary/aromatic N) is 4. The molecule has 2 spiro atoms. The molecule has 4 aliphatic rings. The largest absolute Gasteiger partial charge is 0.497 e. The van der Waals surface area contributed by atoms with Crippen LogP contribution in [0.2, 0.25) is 0 Å². The Labute approximate surface area is 362 Å². The lowest BCUT2D eigenvalue weighted by molar-refractivity contribution is -0.0170. The van der Waals surface area contributed by atoms with Gasteiger partial charge in [0.05, 0.1) is 20.2 Å². The van der Waals surface area contributed by atoms with Gasteiger partial charge in [-0.25, -0.2) is 19.2 Å². The van der Waals surface area contributed by atoms with Gasteiger partial charge >= 0.3 is 24.3 Å². The third-order valence-electron chi connectivity index (χ3n) is 12.1. The molecule has 0 aromatic heterocycles. The minimum atomic E-state index is -0.523. The lowest BCUT2D eigenvalue weighted by Crippen LogP contribution is -2.49. The summed E-state index contributed by atoms with van der Waals surface area (Å²) in [5.74, 6) is 0.740. The first-order valence-corrected chi connectivity index (χ1v) is 21.4. The standard InChI is InChI=1S/C26H27N3O4.C23H28N2O4/c1-32-23-10-8-22(9-11-23)27-24(30)28-14-12-26(13-15-28)18-29(25(31)33-26)17-19-6-7-20-4-2-3-5-21(20)16-19;1-22(2,3)28-20(26)24-12-10-23(11-13-24)16-25(21(27)29-23)15-17-8-9-18-6-4-5-7-19(18)14-17/h2-11,16H,12-15,17-18H2,1H3,(H,27,30);4-9,14H,10-13,15-16H2,1-3H3. The van der Waals surface area contributed by atoms with Gasteiger partial charge in [-0.1, -0.05) is 72.8 Å². The number of anilines is 1. The van der Waals surface area contributed by atoms with Crippen molar-refractivity contribution in [3.8, 4) is 5.75 Å². The van der Waals surface area contributed by atoms with E-state index in [0.717, 1.165) is 33.3 Å². The van der Waals surface area contributed by atoms with Crippen molar-refractivity contribution in [2.24, 2.45) is 0 Å². The molecule has 4 fully saturated rings. The number of nitrogens with one attached hydrogen (secondary N) is 1. The number of fused-ring (bicyclic) bond motifs is 2. The van der Waals surface area contributed by atoms with E-state index >= 15 is 0 Å². The molecule has 13 heteroatoms. The highest BCUT2D eigenvalue weighted by Gasteiger charge is 2.49. The van der Waals surface area contributed by atoms with E-state index in [4.69, 9.17) is 18.9 Å². The average Bonchev–Trinajstić information content (AvgIpc) is 3.73. The number of piperidine rings is 2. The highest BCUT2D eigenvalue weighted by Crippen LogP contribution is 2.36. The van der Waals surface area contributed by atoms with Crippen molar-refractivity contribution in [2.75, 3.05) is 51.7 Å². The predicted molar refractivity (Wildman–Crippen MR) is 237 cm³/mol. The fourth-order valence-corrected chi connectivity index (χ4v) is 8.68. The molecule has 0 aliphatic carbocycles. The van der Waals surface area contributed by atoms with Crippen molar-refractivity contribution in [1.29, 1.82) is 0 Å². The zero-order valence-corrected chi connectivity index (χ0v) is 35.9. The van der Waals surface area contributed by atoms with Gasteiger partial charge in [-0.05, 0) is 89.8 Å². The summed E-state index contributed by atoms with van der Waals surface area (Å²) in [5, 5.41) is 7.61. The quantitative estimate of drug-likeness (QED) is 0.168. The van der Waals surface area contributed by atoms with Crippen LogP contribution in [0.4, 0.5) is 24.9 Å². The third-order valence-corrected chi connectivity index (χ3v) is 12.1. The minimum Gasteiger partial charge on any atom is -0.497 e. The summed E-state index contributed by atoms with van der Waals surface area (Å²) in [6.45, 7) is 9.89. The number of urea groups is 1. The van der Waals surface area contributed by atoms with Gasteiger partial charge in [0.2, 0.25) is 0 Å². The normalized spacial score (nSPS) is 18.1. The van der Waals surface area contributed by atoms with Crippen LogP contribution >= 0.6 is 0 Å². The van der Waals surface area contributed by atoms with E-state index in [1.54, 1.807) is 26.7 Å². The summed E-state index contributed by atoms with van der Waals surface area (Å²) in [7, 11) is 1.61. The van der Waals surface area contributed by atoms with Crippen LogP contribution in [-0.2, 0) is 27.3 Å². The van der Waals surface area contributed by atoms with Crippen LogP contribution in [0.15, 0.2) is 109 Å². The Morgan fingerprint density at radius 1 is 0.629 bits per heavy atom. The van der Waals surface area contributed by atoms with Crippen LogP contribution in [0.3, 0.4) is 0 Å². The number of amides is 5. The topological polar surface area (TPSA) is 130 Å². The van der Waals surface area contributed by atoms with Crippen molar-refractivity contribution in [2.45, 2.75) is 76.3 Å². The fraction of sp³-hybridized carbons (Fsp3) is 0.388. The van der Waals surface area contributed by atoms with Gasteiger partial charge in [-0.15, -0.1) is 0 Å². The molecular weight excluding hydrogens is 787 g/mol. The smallest absolute Gasteiger partial charge is 0.410 e. The summed E-state index contributed by atoms with van der Waals surface area (Å²) >= 11 is 0. The lowest BCUT2D eigenvalue weighted by Gasteiger charge is -2.37. The second kappa shape index (κ2) is 17.5. The van der Waals surface area contributed by atoms with Gasteiger partial charge in [-0.2, -0.15) is 0 Å². The number of carbonyl (C=O) groups excluding carboxylic acids is 4. The van der Waals surface area contributed by atoms with Crippen LogP contribution in [-0.4, -0.2) is 107 Å². The maximum atomic E-state index is 12.7. The Balaban J connectivity index is 0.000000172. The molecule has 13 nitrogen and oxygen atoms in total. The average molecular weight is 842 g/mol. The third kappa shape index (κ3) is 9.83. The summed E-state index contributed by atoms with van der Waals surface area (Å²) in [5.41, 5.74) is 1.35. The number of methoxy groups -OCH3 is 1. The summed E-state index contributed by atoms with van der Waals surface area (Å²) < 4.78 is 22.3. The summed E-state index contributed by atoms with van der Waals surface area (Å²) in [6, 6.07) is 36.0. The molecule has 9 rings (SSSR count). The number of likely N-dealkylation sites (tertiary alicyclic amines) is 2. The molecule has 5 aromatic carbocycles. The Kier molecular flexibility index (Phi) is 11.9. The van der Waals surface area contributed by atoms with Crippen molar-refractivity contribution in [1.82, 2.24) is 19.6 Å². The number of hydrogen-bond acceptors (Lipinski definition) is 8. The molecule has 4 heterocycles. The molecule has 0 bridgehead atoms. The molecule has 0 radical (unpaired) electrons. The number of hydrogen-bond donors (Lipinski definition) is 1. The van der Waals surface area contributed by atoms with E-state index in [1.165, 1.54) is 10.8 Å². The maximum Gasteiger partial charge on any atom is 0.410 e. The Morgan fingerprint density at radius 3 is 1.53 bits per heavy atom. The molecular formula is C49H55N5O8. The van der Waals surface area contributed by atoms with Crippen molar-refractivity contribution >= 4 is 51.5 Å². The van der Waals surface area contributed by atoms with Crippen molar-refractivity contribution < 1.29 is 38.1 Å². The van der Waals surface area contributed by atoms with E-state index in [-0.39, 0.29) is 24.3 Å². The molecule has 0 unspecified atom stereocenters. The molecule has 4 aliphatic heterocycles. The number of rotatable bonds is 6. The minimum absolute atomic E-state index is 0.146. The summed E-state index contributed by atoms with van der Waals surface area (Å²) in [6.07, 6.45) is 1.66. The molecule has 4 saturated heterocycles. The zero-order valence-electron chi connectivity index (χ0n) is 35.9. The fourth-order valence-electron chi connectivity index (χ4n) is 8.68.